The molecule has 230 valence electrons. The second kappa shape index (κ2) is 11.2. The Bertz CT molecular complexity index is 2370. The first kappa shape index (κ1) is 28.5. The van der Waals surface area contributed by atoms with Gasteiger partial charge in [-0.05, 0) is 78.6 Å². The van der Waals surface area contributed by atoms with Crippen molar-refractivity contribution in [2.45, 2.75) is 21.6 Å². The van der Waals surface area contributed by atoms with Crippen LogP contribution in [0.3, 0.4) is 0 Å². The third kappa shape index (κ3) is 4.14. The van der Waals surface area contributed by atoms with E-state index in [4.69, 9.17) is 6.58 Å². The molecule has 0 bridgehead atoms. The van der Waals surface area contributed by atoms with Crippen molar-refractivity contribution < 1.29 is 0 Å². The number of hydrogen-bond donors (Lipinski definition) is 0. The Morgan fingerprint density at radius 1 is 0.396 bits per heavy atom. The van der Waals surface area contributed by atoms with Crippen LogP contribution in [0.5, 0.6) is 0 Å². The Hall–Kier alpha value is -5.77. The molecular formula is C45H34N2S. The fraction of sp³-hybridized carbons (Fsp3) is 0.0222. The van der Waals surface area contributed by atoms with Crippen molar-refractivity contribution in [3.8, 4) is 11.4 Å². The number of benzene rings is 7. The Labute approximate surface area is 282 Å². The normalized spacial score (nSPS) is 12.3. The highest BCUT2D eigenvalue weighted by atomic mass is 32.3. The minimum Gasteiger partial charge on any atom is -0.309 e. The number of hydrogen-bond acceptors (Lipinski definition) is 0. The average Bonchev–Trinajstić information content (AvgIpc) is 3.66. The number of nitrogens with zero attached hydrogens (tertiary/aromatic N) is 2. The molecule has 0 fully saturated rings. The van der Waals surface area contributed by atoms with Gasteiger partial charge < -0.3 is 9.13 Å². The summed E-state index contributed by atoms with van der Waals surface area (Å²) >= 11 is 0. The van der Waals surface area contributed by atoms with Gasteiger partial charge in [0.05, 0.1) is 22.1 Å². The van der Waals surface area contributed by atoms with Crippen LogP contribution in [0.25, 0.3) is 55.0 Å². The SMILES string of the molecule is C=C(C)S(c1ccccc1)(c1ccccc1)c1cc(-n2c3ccccc3c3ccccc32)cc(-n2c3ccccc3c3ccccc32)c1. The third-order valence-electron chi connectivity index (χ3n) is 9.62. The van der Waals surface area contributed by atoms with Crippen LogP contribution in [0.4, 0.5) is 0 Å². The zero-order valence-corrected chi connectivity index (χ0v) is 27.6. The lowest BCUT2D eigenvalue weighted by Gasteiger charge is -2.42. The van der Waals surface area contributed by atoms with Crippen LogP contribution < -0.4 is 0 Å². The molecule has 7 aromatic carbocycles. The van der Waals surface area contributed by atoms with E-state index >= 15 is 0 Å². The maximum absolute atomic E-state index is 4.76. The van der Waals surface area contributed by atoms with Gasteiger partial charge in [-0.25, -0.2) is 0 Å². The summed E-state index contributed by atoms with van der Waals surface area (Å²) in [5, 5.41) is 5.01. The largest absolute Gasteiger partial charge is 0.309 e. The Balaban J connectivity index is 1.47. The highest BCUT2D eigenvalue weighted by Crippen LogP contribution is 2.73. The van der Waals surface area contributed by atoms with E-state index in [1.54, 1.807) is 0 Å². The fourth-order valence-corrected chi connectivity index (χ4v) is 11.4. The third-order valence-corrected chi connectivity index (χ3v) is 13.6. The summed E-state index contributed by atoms with van der Waals surface area (Å²) in [6.07, 6.45) is 0. The smallest absolute Gasteiger partial charge is 0.0541 e. The molecule has 3 heteroatoms. The van der Waals surface area contributed by atoms with Gasteiger partial charge in [0, 0.05) is 47.6 Å². The molecule has 0 spiro atoms. The van der Waals surface area contributed by atoms with Crippen LogP contribution in [-0.2, 0) is 0 Å². The molecule has 0 amide bonds. The zero-order valence-electron chi connectivity index (χ0n) is 26.8. The first-order valence-corrected chi connectivity index (χ1v) is 18.0. The van der Waals surface area contributed by atoms with Crippen molar-refractivity contribution in [2.24, 2.45) is 0 Å². The standard InChI is InChI=1S/C45H34N2S/c1-32(2)48(35-17-5-3-6-18-35,36-19-7-4-8-20-36)37-30-33(46-42-25-13-9-21-38(42)39-22-10-14-26-43(39)46)29-34(31-37)47-44-27-15-11-23-40(44)41-24-12-16-28-45(41)47/h3-31H,1H2,2H3. The van der Waals surface area contributed by atoms with Gasteiger partial charge in [0.25, 0.3) is 0 Å². The van der Waals surface area contributed by atoms with E-state index in [2.05, 4.69) is 192 Å². The van der Waals surface area contributed by atoms with Crippen LogP contribution in [0.1, 0.15) is 6.92 Å². The van der Waals surface area contributed by atoms with Gasteiger partial charge >= 0.3 is 0 Å². The topological polar surface area (TPSA) is 9.86 Å². The quantitative estimate of drug-likeness (QED) is 0.172. The van der Waals surface area contributed by atoms with Gasteiger partial charge in [0.1, 0.15) is 0 Å². The van der Waals surface area contributed by atoms with E-state index in [9.17, 15) is 0 Å². The van der Waals surface area contributed by atoms with Crippen molar-refractivity contribution in [1.29, 1.82) is 0 Å². The molecule has 9 rings (SSSR count). The molecule has 0 aliphatic rings. The van der Waals surface area contributed by atoms with E-state index in [1.807, 2.05) is 0 Å². The molecular weight excluding hydrogens is 601 g/mol. The predicted molar refractivity (Wildman–Crippen MR) is 205 cm³/mol. The van der Waals surface area contributed by atoms with Crippen molar-refractivity contribution in [1.82, 2.24) is 9.13 Å². The molecule has 2 aromatic heterocycles. The molecule has 0 aliphatic carbocycles. The van der Waals surface area contributed by atoms with Crippen molar-refractivity contribution in [2.75, 3.05) is 0 Å². The molecule has 2 heterocycles. The number of fused-ring (bicyclic) bond motifs is 6. The summed E-state index contributed by atoms with van der Waals surface area (Å²) in [6, 6.07) is 64.3. The van der Waals surface area contributed by atoms with E-state index in [0.717, 1.165) is 16.3 Å². The number of aromatic nitrogens is 2. The minimum absolute atomic E-state index is 1.13. The molecule has 0 N–H and O–H groups in total. The van der Waals surface area contributed by atoms with E-state index in [1.165, 1.54) is 58.3 Å². The maximum Gasteiger partial charge on any atom is 0.0541 e. The second-order valence-electron chi connectivity index (χ2n) is 12.4. The molecule has 2 nitrogen and oxygen atoms in total. The summed E-state index contributed by atoms with van der Waals surface area (Å²) in [5.74, 6) is 0. The summed E-state index contributed by atoms with van der Waals surface area (Å²) in [5.41, 5.74) is 7.04. The van der Waals surface area contributed by atoms with Crippen LogP contribution in [0, 0.1) is 0 Å². The van der Waals surface area contributed by atoms with Gasteiger partial charge in [-0.1, -0.05) is 116 Å². The van der Waals surface area contributed by atoms with E-state index < -0.39 is 10.0 Å². The van der Waals surface area contributed by atoms with Crippen LogP contribution in [0.2, 0.25) is 0 Å². The Morgan fingerprint density at radius 3 is 1.04 bits per heavy atom. The summed E-state index contributed by atoms with van der Waals surface area (Å²) in [4.78, 5) is 4.95. The predicted octanol–water partition coefficient (Wildman–Crippen LogP) is 12.7. The lowest BCUT2D eigenvalue weighted by Crippen LogP contribution is -2.08. The fourth-order valence-electron chi connectivity index (χ4n) is 7.67. The first-order chi connectivity index (χ1) is 23.7. The van der Waals surface area contributed by atoms with E-state index in [0.29, 0.717) is 0 Å². The molecule has 48 heavy (non-hydrogen) atoms. The average molecular weight is 635 g/mol. The highest BCUT2D eigenvalue weighted by Gasteiger charge is 2.33. The maximum atomic E-state index is 4.76. The lowest BCUT2D eigenvalue weighted by atomic mass is 10.2. The Morgan fingerprint density at radius 2 is 0.708 bits per heavy atom. The van der Waals surface area contributed by atoms with Gasteiger partial charge in [0.15, 0.2) is 0 Å². The summed E-state index contributed by atoms with van der Waals surface area (Å²) < 4.78 is 4.90. The number of allylic oxidation sites excluding steroid dienone is 1. The molecule has 0 unspecified atom stereocenters. The zero-order chi connectivity index (χ0) is 32.2. The van der Waals surface area contributed by atoms with Gasteiger partial charge in [-0.15, -0.1) is 10.0 Å². The minimum atomic E-state index is -1.91. The van der Waals surface area contributed by atoms with Gasteiger partial charge in [-0.2, -0.15) is 0 Å². The van der Waals surface area contributed by atoms with Crippen molar-refractivity contribution in [3.63, 3.8) is 0 Å². The van der Waals surface area contributed by atoms with Gasteiger partial charge in [0.2, 0.25) is 0 Å². The summed E-state index contributed by atoms with van der Waals surface area (Å²) in [7, 11) is -1.91. The number of para-hydroxylation sites is 4. The molecule has 0 saturated carbocycles. The first-order valence-electron chi connectivity index (χ1n) is 16.4. The van der Waals surface area contributed by atoms with Crippen molar-refractivity contribution in [3.05, 3.63) is 187 Å². The van der Waals surface area contributed by atoms with E-state index in [-0.39, 0.29) is 0 Å². The van der Waals surface area contributed by atoms with Crippen LogP contribution in [-0.4, -0.2) is 9.13 Å². The lowest BCUT2D eigenvalue weighted by molar-refractivity contribution is 1.10. The second-order valence-corrected chi connectivity index (χ2v) is 15.7. The Kier molecular flexibility index (Phi) is 6.63. The highest BCUT2D eigenvalue weighted by molar-refractivity contribution is 8.36. The van der Waals surface area contributed by atoms with Crippen molar-refractivity contribution >= 4 is 53.6 Å². The van der Waals surface area contributed by atoms with Crippen LogP contribution in [0.15, 0.2) is 202 Å². The monoisotopic (exact) mass is 634 g/mol. The number of rotatable bonds is 6. The van der Waals surface area contributed by atoms with Crippen LogP contribution >= 0.6 is 10.0 Å². The summed E-state index contributed by atoms with van der Waals surface area (Å²) in [6.45, 7) is 6.98. The molecule has 0 saturated heterocycles. The molecule has 0 radical (unpaired) electrons. The molecule has 0 aliphatic heterocycles. The van der Waals surface area contributed by atoms with Gasteiger partial charge in [-0.3, -0.25) is 0 Å². The molecule has 0 atom stereocenters. The molecule has 9 aromatic rings.